The fourth-order valence-electron chi connectivity index (χ4n) is 5.89. The largest absolute Gasteiger partial charge is 0.497 e. The monoisotopic (exact) mass is 631 g/mol. The molecule has 0 amide bonds. The van der Waals surface area contributed by atoms with Crippen molar-refractivity contribution in [3.63, 3.8) is 0 Å². The molecular formula is C36H33N5O6. The molecule has 3 aromatic heterocycles. The molecule has 0 saturated carbocycles. The lowest BCUT2D eigenvalue weighted by Crippen LogP contribution is -2.31. The molecule has 0 unspecified atom stereocenters. The summed E-state index contributed by atoms with van der Waals surface area (Å²) >= 11 is 0. The van der Waals surface area contributed by atoms with E-state index < -0.39 is 23.2 Å². The number of hydrogen-bond acceptors (Lipinski definition) is 7. The number of aromatic nitrogens is 4. The molecule has 11 nitrogen and oxygen atoms in total. The predicted molar refractivity (Wildman–Crippen MR) is 177 cm³/mol. The molecule has 0 aliphatic heterocycles. The highest BCUT2D eigenvalue weighted by Crippen LogP contribution is 2.36. The molecule has 0 aliphatic carbocycles. The highest BCUT2D eigenvalue weighted by molar-refractivity contribution is 6.35. The van der Waals surface area contributed by atoms with E-state index in [1.165, 1.54) is 27.0 Å². The SMILES string of the molecule is COc1ccc(Cn2c(C#N)c(-c3cn(C(=O)C(=O)OC(C)(C)C)c4ccccc34)n(-c3cn(C)c4ccccc34)c2=O)c(OC)c1. The summed E-state index contributed by atoms with van der Waals surface area (Å²) in [6.07, 6.45) is 3.33. The van der Waals surface area contributed by atoms with Gasteiger partial charge >= 0.3 is 17.6 Å². The summed E-state index contributed by atoms with van der Waals surface area (Å²) in [7, 11) is 4.95. The Morgan fingerprint density at radius 3 is 2.23 bits per heavy atom. The van der Waals surface area contributed by atoms with Gasteiger partial charge in [-0.1, -0.05) is 36.4 Å². The van der Waals surface area contributed by atoms with Crippen LogP contribution < -0.4 is 15.2 Å². The second-order valence-electron chi connectivity index (χ2n) is 12.1. The van der Waals surface area contributed by atoms with Gasteiger partial charge in [0.15, 0.2) is 0 Å². The van der Waals surface area contributed by atoms with Crippen molar-refractivity contribution in [3.05, 3.63) is 101 Å². The van der Waals surface area contributed by atoms with E-state index in [0.29, 0.717) is 39.2 Å². The number of esters is 1. The molecule has 6 rings (SSSR count). The van der Waals surface area contributed by atoms with E-state index in [1.54, 1.807) is 70.3 Å². The zero-order valence-corrected chi connectivity index (χ0v) is 26.9. The second kappa shape index (κ2) is 11.7. The van der Waals surface area contributed by atoms with E-state index in [2.05, 4.69) is 6.07 Å². The molecule has 3 heterocycles. The number of rotatable bonds is 6. The first-order valence-electron chi connectivity index (χ1n) is 14.9. The number of ether oxygens (including phenoxy) is 3. The normalized spacial score (nSPS) is 11.5. The standard InChI is InChI=1S/C36H33N5O6/c1-36(2,3)47-34(43)33(42)39-20-26(24-11-7-10-14-28(24)39)32-29(18-37)40(19-22-15-16-23(45-5)17-31(22)46-6)35(44)41(32)30-21-38(4)27-13-9-8-12-25(27)30/h7-17,20-21H,19H2,1-6H3. The topological polar surface area (TPSA) is 122 Å². The summed E-state index contributed by atoms with van der Waals surface area (Å²) in [5.41, 5.74) is 1.89. The first-order valence-corrected chi connectivity index (χ1v) is 14.9. The highest BCUT2D eigenvalue weighted by Gasteiger charge is 2.31. The molecule has 11 heteroatoms. The number of aryl methyl sites for hydroxylation is 1. The molecule has 0 atom stereocenters. The number of methoxy groups -OCH3 is 2. The zero-order chi connectivity index (χ0) is 33.6. The van der Waals surface area contributed by atoms with Crippen molar-refractivity contribution >= 4 is 33.7 Å². The summed E-state index contributed by atoms with van der Waals surface area (Å²) in [6.45, 7) is 5.05. The smallest absolute Gasteiger partial charge is 0.398 e. The van der Waals surface area contributed by atoms with Gasteiger partial charge in [-0.05, 0) is 45.0 Å². The van der Waals surface area contributed by atoms with Crippen LogP contribution in [-0.2, 0) is 23.1 Å². The molecule has 0 fully saturated rings. The molecule has 3 aromatic carbocycles. The van der Waals surface area contributed by atoms with Crippen LogP contribution in [0.4, 0.5) is 0 Å². The van der Waals surface area contributed by atoms with E-state index in [0.717, 1.165) is 10.9 Å². The van der Waals surface area contributed by atoms with E-state index >= 15 is 0 Å². The average Bonchev–Trinajstić information content (AvgIpc) is 3.68. The summed E-state index contributed by atoms with van der Waals surface area (Å²) < 4.78 is 22.4. The van der Waals surface area contributed by atoms with Crippen LogP contribution in [0, 0.1) is 11.3 Å². The van der Waals surface area contributed by atoms with E-state index in [4.69, 9.17) is 14.2 Å². The lowest BCUT2D eigenvalue weighted by molar-refractivity contribution is -0.149. The minimum atomic E-state index is -1.03. The maximum Gasteiger partial charge on any atom is 0.398 e. The highest BCUT2D eigenvalue weighted by atomic mass is 16.6. The van der Waals surface area contributed by atoms with Crippen molar-refractivity contribution in [1.29, 1.82) is 5.26 Å². The number of benzene rings is 3. The summed E-state index contributed by atoms with van der Waals surface area (Å²) in [4.78, 5) is 41.1. The molecule has 6 aromatic rings. The van der Waals surface area contributed by atoms with Gasteiger partial charge in [-0.3, -0.25) is 18.5 Å². The third-order valence-electron chi connectivity index (χ3n) is 7.94. The Morgan fingerprint density at radius 1 is 0.894 bits per heavy atom. The maximum absolute atomic E-state index is 14.6. The van der Waals surface area contributed by atoms with Crippen LogP contribution in [0.3, 0.4) is 0 Å². The Hall–Kier alpha value is -6.02. The van der Waals surface area contributed by atoms with Crippen LogP contribution in [-0.4, -0.2) is 50.0 Å². The number of para-hydroxylation sites is 2. The van der Waals surface area contributed by atoms with Gasteiger partial charge in [-0.25, -0.2) is 9.59 Å². The van der Waals surface area contributed by atoms with Crippen molar-refractivity contribution in [1.82, 2.24) is 18.3 Å². The van der Waals surface area contributed by atoms with Crippen LogP contribution in [0.2, 0.25) is 0 Å². The molecular weight excluding hydrogens is 598 g/mol. The van der Waals surface area contributed by atoms with Gasteiger partial charge < -0.3 is 18.8 Å². The first kappa shape index (κ1) is 31.0. The van der Waals surface area contributed by atoms with Crippen LogP contribution in [0.15, 0.2) is 83.9 Å². The predicted octanol–water partition coefficient (Wildman–Crippen LogP) is 5.67. The quantitative estimate of drug-likeness (QED) is 0.171. The maximum atomic E-state index is 14.6. The fraction of sp³-hybridized carbons (Fsp3) is 0.222. The molecule has 238 valence electrons. The van der Waals surface area contributed by atoms with Gasteiger partial charge in [0.2, 0.25) is 0 Å². The van der Waals surface area contributed by atoms with Gasteiger partial charge in [0.1, 0.15) is 28.9 Å². The van der Waals surface area contributed by atoms with Gasteiger partial charge in [0.05, 0.1) is 37.7 Å². The Balaban J connectivity index is 1.66. The summed E-state index contributed by atoms with van der Waals surface area (Å²) in [5.74, 6) is -0.864. The van der Waals surface area contributed by atoms with Crippen molar-refractivity contribution in [3.8, 4) is 34.5 Å². The van der Waals surface area contributed by atoms with Crippen LogP contribution in [0.1, 0.15) is 36.8 Å². The Bertz CT molecular complexity index is 2300. The molecule has 47 heavy (non-hydrogen) atoms. The van der Waals surface area contributed by atoms with Crippen LogP contribution in [0.5, 0.6) is 11.5 Å². The molecule has 0 bridgehead atoms. The number of imidazole rings is 1. The minimum absolute atomic E-state index is 0.00907. The van der Waals surface area contributed by atoms with Crippen molar-refractivity contribution in [2.45, 2.75) is 32.9 Å². The van der Waals surface area contributed by atoms with Crippen LogP contribution >= 0.6 is 0 Å². The van der Waals surface area contributed by atoms with Gasteiger partial charge in [0, 0.05) is 52.9 Å². The fourth-order valence-corrected chi connectivity index (χ4v) is 5.89. The third-order valence-corrected chi connectivity index (χ3v) is 7.94. The van der Waals surface area contributed by atoms with E-state index in [9.17, 15) is 19.6 Å². The molecule has 0 aliphatic rings. The second-order valence-corrected chi connectivity index (χ2v) is 12.1. The number of nitrogens with zero attached hydrogens (tertiary/aromatic N) is 5. The minimum Gasteiger partial charge on any atom is -0.497 e. The zero-order valence-electron chi connectivity index (χ0n) is 26.9. The summed E-state index contributed by atoms with van der Waals surface area (Å²) in [6, 6.07) is 22.2. The average molecular weight is 632 g/mol. The number of hydrogen-bond donors (Lipinski definition) is 0. The molecule has 0 spiro atoms. The number of nitriles is 1. The summed E-state index contributed by atoms with van der Waals surface area (Å²) in [5, 5.41) is 12.1. The third kappa shape index (κ3) is 5.33. The first-order chi connectivity index (χ1) is 22.5. The molecule has 0 radical (unpaired) electrons. The van der Waals surface area contributed by atoms with Gasteiger partial charge in [0.25, 0.3) is 0 Å². The van der Waals surface area contributed by atoms with Crippen molar-refractivity contribution in [2.75, 3.05) is 14.2 Å². The number of carbonyl (C=O) groups excluding carboxylic acids is 2. The van der Waals surface area contributed by atoms with E-state index in [-0.39, 0.29) is 17.9 Å². The Labute approximate surface area is 270 Å². The lowest BCUT2D eigenvalue weighted by Gasteiger charge is -2.18. The molecule has 0 N–H and O–H groups in total. The number of carbonyl (C=O) groups is 2. The van der Waals surface area contributed by atoms with Crippen molar-refractivity contribution < 1.29 is 23.8 Å². The molecule has 0 saturated heterocycles. The van der Waals surface area contributed by atoms with E-state index in [1.807, 2.05) is 42.1 Å². The van der Waals surface area contributed by atoms with Gasteiger partial charge in [-0.15, -0.1) is 0 Å². The van der Waals surface area contributed by atoms with Gasteiger partial charge in [-0.2, -0.15) is 5.26 Å². The Morgan fingerprint density at radius 2 is 1.57 bits per heavy atom. The number of fused-ring (bicyclic) bond motifs is 2. The Kier molecular flexibility index (Phi) is 7.73. The van der Waals surface area contributed by atoms with Crippen LogP contribution in [0.25, 0.3) is 38.8 Å². The lowest BCUT2D eigenvalue weighted by atomic mass is 10.1. The van der Waals surface area contributed by atoms with Crippen molar-refractivity contribution in [2.24, 2.45) is 7.05 Å².